The van der Waals surface area contributed by atoms with Crippen molar-refractivity contribution < 1.29 is 4.42 Å². The highest BCUT2D eigenvalue weighted by Crippen LogP contribution is 2.28. The van der Waals surface area contributed by atoms with E-state index in [-0.39, 0.29) is 0 Å². The zero-order valence-corrected chi connectivity index (χ0v) is 11.8. The SMILES string of the molecule is CC(C)CNCc1coc(N(C)CC2CCC2)n1. The van der Waals surface area contributed by atoms with Crippen molar-refractivity contribution in [2.75, 3.05) is 25.0 Å². The van der Waals surface area contributed by atoms with E-state index in [4.69, 9.17) is 4.42 Å². The van der Waals surface area contributed by atoms with E-state index in [9.17, 15) is 0 Å². The van der Waals surface area contributed by atoms with E-state index < -0.39 is 0 Å². The highest BCUT2D eigenvalue weighted by molar-refractivity contribution is 5.25. The monoisotopic (exact) mass is 251 g/mol. The van der Waals surface area contributed by atoms with Crippen LogP contribution in [0.25, 0.3) is 0 Å². The van der Waals surface area contributed by atoms with Crippen molar-refractivity contribution in [2.24, 2.45) is 11.8 Å². The molecule has 0 aromatic carbocycles. The molecule has 0 amide bonds. The molecule has 1 heterocycles. The molecule has 1 saturated carbocycles. The molecule has 1 N–H and O–H groups in total. The molecule has 0 saturated heterocycles. The van der Waals surface area contributed by atoms with Crippen LogP contribution in [0.4, 0.5) is 6.01 Å². The number of hydrogen-bond acceptors (Lipinski definition) is 4. The fourth-order valence-corrected chi connectivity index (χ4v) is 2.18. The van der Waals surface area contributed by atoms with Gasteiger partial charge < -0.3 is 14.6 Å². The molecule has 4 nitrogen and oxygen atoms in total. The molecule has 0 aliphatic heterocycles. The molecule has 0 radical (unpaired) electrons. The lowest BCUT2D eigenvalue weighted by molar-refractivity contribution is 0.316. The third-order valence-corrected chi connectivity index (χ3v) is 3.48. The van der Waals surface area contributed by atoms with Gasteiger partial charge in [-0.1, -0.05) is 20.3 Å². The Morgan fingerprint density at radius 1 is 1.50 bits per heavy atom. The number of hydrogen-bond donors (Lipinski definition) is 1. The van der Waals surface area contributed by atoms with Crippen LogP contribution >= 0.6 is 0 Å². The summed E-state index contributed by atoms with van der Waals surface area (Å²) >= 11 is 0. The minimum absolute atomic E-state index is 0.665. The fourth-order valence-electron chi connectivity index (χ4n) is 2.18. The first-order chi connectivity index (χ1) is 8.65. The van der Waals surface area contributed by atoms with E-state index in [1.54, 1.807) is 6.26 Å². The lowest BCUT2D eigenvalue weighted by Gasteiger charge is -2.29. The van der Waals surface area contributed by atoms with Crippen LogP contribution < -0.4 is 10.2 Å². The van der Waals surface area contributed by atoms with Crippen LogP contribution in [0.3, 0.4) is 0 Å². The standard InChI is InChI=1S/C14H25N3O/c1-11(2)7-15-8-13-10-18-14(16-13)17(3)9-12-5-4-6-12/h10-12,15H,4-9H2,1-3H3. The van der Waals surface area contributed by atoms with Gasteiger partial charge in [0.25, 0.3) is 6.01 Å². The van der Waals surface area contributed by atoms with Crippen molar-refractivity contribution >= 4 is 6.01 Å². The predicted molar refractivity (Wildman–Crippen MR) is 73.7 cm³/mol. The van der Waals surface area contributed by atoms with Gasteiger partial charge in [-0.2, -0.15) is 4.98 Å². The van der Waals surface area contributed by atoms with E-state index in [1.165, 1.54) is 19.3 Å². The summed E-state index contributed by atoms with van der Waals surface area (Å²) in [5, 5.41) is 3.38. The summed E-state index contributed by atoms with van der Waals surface area (Å²) in [5.74, 6) is 1.50. The Morgan fingerprint density at radius 3 is 2.89 bits per heavy atom. The number of nitrogens with zero attached hydrogens (tertiary/aromatic N) is 2. The third-order valence-electron chi connectivity index (χ3n) is 3.48. The normalized spacial score (nSPS) is 16.0. The van der Waals surface area contributed by atoms with Gasteiger partial charge in [-0.3, -0.25) is 0 Å². The van der Waals surface area contributed by atoms with Gasteiger partial charge in [0.2, 0.25) is 0 Å². The Bertz CT molecular complexity index is 358. The quantitative estimate of drug-likeness (QED) is 0.809. The molecule has 1 aliphatic rings. The van der Waals surface area contributed by atoms with E-state index in [0.717, 1.165) is 37.3 Å². The van der Waals surface area contributed by atoms with E-state index in [2.05, 4.69) is 36.1 Å². The average molecular weight is 251 g/mol. The fraction of sp³-hybridized carbons (Fsp3) is 0.786. The number of oxazole rings is 1. The summed E-state index contributed by atoms with van der Waals surface area (Å²) in [6, 6.07) is 0.753. The van der Waals surface area contributed by atoms with E-state index in [0.29, 0.717) is 5.92 Å². The molecule has 2 rings (SSSR count). The van der Waals surface area contributed by atoms with Gasteiger partial charge in [-0.05, 0) is 31.2 Å². The number of aromatic nitrogens is 1. The summed E-state index contributed by atoms with van der Waals surface area (Å²) in [6.45, 7) is 7.28. The zero-order valence-electron chi connectivity index (χ0n) is 11.8. The summed E-state index contributed by atoms with van der Waals surface area (Å²) < 4.78 is 5.53. The highest BCUT2D eigenvalue weighted by Gasteiger charge is 2.21. The first-order valence-corrected chi connectivity index (χ1v) is 7.01. The Morgan fingerprint density at radius 2 is 2.28 bits per heavy atom. The first-order valence-electron chi connectivity index (χ1n) is 7.01. The second-order valence-electron chi connectivity index (χ2n) is 5.82. The minimum atomic E-state index is 0.665. The Labute approximate surface area is 110 Å². The van der Waals surface area contributed by atoms with Crippen LogP contribution in [0.15, 0.2) is 10.7 Å². The van der Waals surface area contributed by atoms with Gasteiger partial charge >= 0.3 is 0 Å². The van der Waals surface area contributed by atoms with Gasteiger partial charge in [-0.25, -0.2) is 0 Å². The van der Waals surface area contributed by atoms with Crippen LogP contribution in [-0.2, 0) is 6.54 Å². The van der Waals surface area contributed by atoms with Crippen LogP contribution in [-0.4, -0.2) is 25.1 Å². The molecule has 1 fully saturated rings. The van der Waals surface area contributed by atoms with Crippen LogP contribution in [0, 0.1) is 11.8 Å². The maximum Gasteiger partial charge on any atom is 0.297 e. The Kier molecular flexibility index (Phi) is 4.64. The molecule has 102 valence electrons. The Hall–Kier alpha value is -1.03. The summed E-state index contributed by atoms with van der Waals surface area (Å²) in [7, 11) is 2.06. The minimum Gasteiger partial charge on any atom is -0.432 e. The molecule has 4 heteroatoms. The molecule has 0 spiro atoms. The molecular weight excluding hydrogens is 226 g/mol. The molecule has 1 aromatic rings. The van der Waals surface area contributed by atoms with E-state index >= 15 is 0 Å². The molecule has 0 unspecified atom stereocenters. The van der Waals surface area contributed by atoms with Gasteiger partial charge in [0.05, 0.1) is 5.69 Å². The van der Waals surface area contributed by atoms with Crippen LogP contribution in [0.5, 0.6) is 0 Å². The molecule has 18 heavy (non-hydrogen) atoms. The molecule has 1 aromatic heterocycles. The van der Waals surface area contributed by atoms with Crippen molar-refractivity contribution in [1.82, 2.24) is 10.3 Å². The van der Waals surface area contributed by atoms with Crippen molar-refractivity contribution in [2.45, 2.75) is 39.7 Å². The number of anilines is 1. The largest absolute Gasteiger partial charge is 0.432 e. The molecule has 0 atom stereocenters. The smallest absolute Gasteiger partial charge is 0.297 e. The number of rotatable bonds is 7. The molecule has 0 bridgehead atoms. The van der Waals surface area contributed by atoms with Gasteiger partial charge in [0, 0.05) is 20.1 Å². The van der Waals surface area contributed by atoms with E-state index in [1.807, 2.05) is 0 Å². The lowest BCUT2D eigenvalue weighted by atomic mass is 9.85. The number of nitrogens with one attached hydrogen (secondary N) is 1. The van der Waals surface area contributed by atoms with Crippen molar-refractivity contribution in [3.63, 3.8) is 0 Å². The van der Waals surface area contributed by atoms with Gasteiger partial charge in [0.15, 0.2) is 0 Å². The van der Waals surface area contributed by atoms with Crippen molar-refractivity contribution in [3.8, 4) is 0 Å². The summed E-state index contributed by atoms with van der Waals surface area (Å²) in [6.07, 6.45) is 5.86. The second-order valence-corrected chi connectivity index (χ2v) is 5.82. The van der Waals surface area contributed by atoms with Crippen LogP contribution in [0.1, 0.15) is 38.8 Å². The van der Waals surface area contributed by atoms with Crippen LogP contribution in [0.2, 0.25) is 0 Å². The van der Waals surface area contributed by atoms with Gasteiger partial charge in [0.1, 0.15) is 6.26 Å². The average Bonchev–Trinajstić information content (AvgIpc) is 2.71. The molecule has 1 aliphatic carbocycles. The maximum atomic E-state index is 5.53. The summed E-state index contributed by atoms with van der Waals surface area (Å²) in [5.41, 5.74) is 0.992. The lowest BCUT2D eigenvalue weighted by Crippen LogP contribution is -2.29. The molecular formula is C14H25N3O. The van der Waals surface area contributed by atoms with Crippen molar-refractivity contribution in [3.05, 3.63) is 12.0 Å². The summed E-state index contributed by atoms with van der Waals surface area (Å²) in [4.78, 5) is 6.65. The van der Waals surface area contributed by atoms with Gasteiger partial charge in [-0.15, -0.1) is 0 Å². The highest BCUT2D eigenvalue weighted by atomic mass is 16.4. The predicted octanol–water partition coefficient (Wildman–Crippen LogP) is 2.66. The Balaban J connectivity index is 1.77. The second kappa shape index (κ2) is 6.23. The third kappa shape index (κ3) is 3.73. The maximum absolute atomic E-state index is 5.53. The van der Waals surface area contributed by atoms with Crippen molar-refractivity contribution in [1.29, 1.82) is 0 Å². The first kappa shape index (κ1) is 13.4. The topological polar surface area (TPSA) is 41.3 Å². The zero-order chi connectivity index (χ0) is 13.0.